The number of fused-ring (bicyclic) bond motifs is 1. The zero-order chi connectivity index (χ0) is 21.8. The fourth-order valence-corrected chi connectivity index (χ4v) is 5.15. The van der Waals surface area contributed by atoms with Crippen LogP contribution < -0.4 is 14.4 Å². The highest BCUT2D eigenvalue weighted by molar-refractivity contribution is 6.35. The number of hydrogen-bond donors (Lipinski definition) is 0. The molecule has 0 atom stereocenters. The number of hydrogen-bond acceptors (Lipinski definition) is 6. The van der Waals surface area contributed by atoms with Gasteiger partial charge in [-0.3, -0.25) is 4.98 Å². The fraction of sp³-hybridized carbons (Fsp3) is 0.417. The molecule has 0 saturated carbocycles. The summed E-state index contributed by atoms with van der Waals surface area (Å²) in [4.78, 5) is 12.0. The lowest BCUT2D eigenvalue weighted by Crippen LogP contribution is -2.57. The number of anilines is 1. The summed E-state index contributed by atoms with van der Waals surface area (Å²) in [6, 6.07) is 5.97. The predicted molar refractivity (Wildman–Crippen MR) is 123 cm³/mol. The van der Waals surface area contributed by atoms with Gasteiger partial charge in [-0.05, 0) is 32.4 Å². The molecule has 5 rings (SSSR count). The van der Waals surface area contributed by atoms with Crippen LogP contribution in [0.4, 0.5) is 5.82 Å². The Morgan fingerprint density at radius 2 is 1.87 bits per heavy atom. The number of ether oxygens (including phenoxy) is 3. The quantitative estimate of drug-likeness (QED) is 0.581. The van der Waals surface area contributed by atoms with Gasteiger partial charge in [0.05, 0.1) is 31.5 Å². The summed E-state index contributed by atoms with van der Waals surface area (Å²) in [5, 5.41) is 2.67. The zero-order valence-corrected chi connectivity index (χ0v) is 19.0. The van der Waals surface area contributed by atoms with Crippen molar-refractivity contribution in [3.63, 3.8) is 0 Å². The van der Waals surface area contributed by atoms with E-state index in [9.17, 15) is 0 Å². The molecule has 0 bridgehead atoms. The SMILES string of the molecule is COc1cc(OC)c(Cl)c(-c2cc3cnc(C)cc3c(N3CC4(CCOC4)C3)n2)c1C. The van der Waals surface area contributed by atoms with Crippen LogP contribution in [-0.4, -0.2) is 50.5 Å². The van der Waals surface area contributed by atoms with Gasteiger partial charge in [0.15, 0.2) is 0 Å². The van der Waals surface area contributed by atoms with Crippen LogP contribution in [0.5, 0.6) is 11.5 Å². The van der Waals surface area contributed by atoms with Gasteiger partial charge in [0.2, 0.25) is 0 Å². The average molecular weight is 440 g/mol. The summed E-state index contributed by atoms with van der Waals surface area (Å²) < 4.78 is 16.7. The van der Waals surface area contributed by atoms with Crippen LogP contribution in [0.1, 0.15) is 17.7 Å². The third-order valence-corrected chi connectivity index (χ3v) is 6.88. The van der Waals surface area contributed by atoms with Crippen LogP contribution in [0.3, 0.4) is 0 Å². The Labute approximate surface area is 187 Å². The molecule has 1 aromatic carbocycles. The number of rotatable bonds is 4. The lowest BCUT2D eigenvalue weighted by molar-refractivity contribution is 0.131. The molecule has 2 aliphatic heterocycles. The highest BCUT2D eigenvalue weighted by Crippen LogP contribution is 2.46. The minimum absolute atomic E-state index is 0.263. The minimum atomic E-state index is 0.263. The highest BCUT2D eigenvalue weighted by Gasteiger charge is 2.46. The predicted octanol–water partition coefficient (Wildman–Crippen LogP) is 4.81. The van der Waals surface area contributed by atoms with E-state index < -0.39 is 0 Å². The van der Waals surface area contributed by atoms with Crippen molar-refractivity contribution >= 4 is 28.2 Å². The lowest BCUT2D eigenvalue weighted by Gasteiger charge is -2.48. The van der Waals surface area contributed by atoms with E-state index in [1.807, 2.05) is 32.2 Å². The van der Waals surface area contributed by atoms with E-state index in [-0.39, 0.29) is 5.41 Å². The molecule has 7 heteroatoms. The molecule has 0 radical (unpaired) electrons. The van der Waals surface area contributed by atoms with Crippen LogP contribution in [0.2, 0.25) is 5.02 Å². The second kappa shape index (κ2) is 7.53. The third-order valence-electron chi connectivity index (χ3n) is 6.51. The standard InChI is InChI=1S/C24H26ClN3O3/c1-14-7-17-16(10-26-14)8-18(21-15(2)19(29-3)9-20(30-4)22(21)25)27-23(17)28-11-24(12-28)5-6-31-13-24/h7-10H,5-6,11-13H2,1-4H3. The van der Waals surface area contributed by atoms with E-state index in [1.54, 1.807) is 14.2 Å². The van der Waals surface area contributed by atoms with Crippen LogP contribution in [0.25, 0.3) is 22.0 Å². The van der Waals surface area contributed by atoms with E-state index in [0.29, 0.717) is 16.5 Å². The molecule has 0 unspecified atom stereocenters. The Balaban J connectivity index is 1.69. The molecule has 3 aromatic rings. The third kappa shape index (κ3) is 3.29. The number of aromatic nitrogens is 2. The van der Waals surface area contributed by atoms with E-state index >= 15 is 0 Å². The Hall–Kier alpha value is -2.57. The van der Waals surface area contributed by atoms with E-state index in [2.05, 4.69) is 16.0 Å². The number of pyridine rings is 2. The van der Waals surface area contributed by atoms with Crippen LogP contribution >= 0.6 is 11.6 Å². The van der Waals surface area contributed by atoms with Crippen molar-refractivity contribution in [2.45, 2.75) is 20.3 Å². The summed E-state index contributed by atoms with van der Waals surface area (Å²) in [5.74, 6) is 2.25. The van der Waals surface area contributed by atoms with Gasteiger partial charge in [-0.2, -0.15) is 0 Å². The van der Waals surface area contributed by atoms with Gasteiger partial charge < -0.3 is 19.1 Å². The monoisotopic (exact) mass is 439 g/mol. The Morgan fingerprint density at radius 1 is 1.10 bits per heavy atom. The first-order chi connectivity index (χ1) is 14.9. The van der Waals surface area contributed by atoms with Crippen molar-refractivity contribution in [1.29, 1.82) is 0 Å². The van der Waals surface area contributed by atoms with Gasteiger partial charge >= 0.3 is 0 Å². The molecule has 31 heavy (non-hydrogen) atoms. The van der Waals surface area contributed by atoms with Gasteiger partial charge in [-0.15, -0.1) is 0 Å². The number of methoxy groups -OCH3 is 2. The van der Waals surface area contributed by atoms with Gasteiger partial charge in [-0.25, -0.2) is 4.98 Å². The molecule has 2 fully saturated rings. The van der Waals surface area contributed by atoms with Crippen LogP contribution in [0.15, 0.2) is 24.4 Å². The first-order valence-electron chi connectivity index (χ1n) is 10.5. The van der Waals surface area contributed by atoms with Gasteiger partial charge in [0.1, 0.15) is 17.3 Å². The Morgan fingerprint density at radius 3 is 2.55 bits per heavy atom. The van der Waals surface area contributed by atoms with Crippen LogP contribution in [0, 0.1) is 19.3 Å². The number of nitrogens with zero attached hydrogens (tertiary/aromatic N) is 3. The summed E-state index contributed by atoms with van der Waals surface area (Å²) in [6.45, 7) is 7.59. The van der Waals surface area contributed by atoms with Crippen LogP contribution in [-0.2, 0) is 4.74 Å². The van der Waals surface area contributed by atoms with E-state index in [1.165, 1.54) is 0 Å². The number of benzene rings is 1. The Bertz CT molecular complexity index is 1140. The molecular weight excluding hydrogens is 414 g/mol. The van der Waals surface area contributed by atoms with Crippen molar-refractivity contribution in [1.82, 2.24) is 9.97 Å². The van der Waals surface area contributed by atoms with Crippen molar-refractivity contribution in [2.24, 2.45) is 5.41 Å². The second-order valence-electron chi connectivity index (χ2n) is 8.63. The Kier molecular flexibility index (Phi) is 4.94. The molecule has 1 spiro atoms. The molecule has 0 amide bonds. The first kappa shape index (κ1) is 20.3. The molecule has 0 aliphatic carbocycles. The second-order valence-corrected chi connectivity index (χ2v) is 9.01. The average Bonchev–Trinajstić information content (AvgIpc) is 3.23. The summed E-state index contributed by atoms with van der Waals surface area (Å²) in [6.07, 6.45) is 3.02. The molecule has 2 saturated heterocycles. The summed E-state index contributed by atoms with van der Waals surface area (Å²) in [7, 11) is 3.25. The molecule has 0 N–H and O–H groups in total. The highest BCUT2D eigenvalue weighted by atomic mass is 35.5. The van der Waals surface area contributed by atoms with Gasteiger partial charge in [-0.1, -0.05) is 11.6 Å². The maximum atomic E-state index is 6.77. The topological polar surface area (TPSA) is 56.7 Å². The van der Waals surface area contributed by atoms with E-state index in [0.717, 1.165) is 71.8 Å². The smallest absolute Gasteiger partial charge is 0.141 e. The first-order valence-corrected chi connectivity index (χ1v) is 10.8. The van der Waals surface area contributed by atoms with Crippen molar-refractivity contribution < 1.29 is 14.2 Å². The maximum absolute atomic E-state index is 6.77. The molecular formula is C24H26ClN3O3. The molecule has 162 valence electrons. The molecule has 2 aliphatic rings. The molecule has 4 heterocycles. The van der Waals surface area contributed by atoms with Gasteiger partial charge in [0, 0.05) is 65.0 Å². The largest absolute Gasteiger partial charge is 0.496 e. The van der Waals surface area contributed by atoms with Crippen molar-refractivity contribution in [2.75, 3.05) is 45.4 Å². The molecule has 2 aromatic heterocycles. The minimum Gasteiger partial charge on any atom is -0.496 e. The van der Waals surface area contributed by atoms with Crippen molar-refractivity contribution in [3.05, 3.63) is 40.7 Å². The van der Waals surface area contributed by atoms with Gasteiger partial charge in [0.25, 0.3) is 0 Å². The summed E-state index contributed by atoms with van der Waals surface area (Å²) in [5.41, 5.74) is 3.77. The number of aryl methyl sites for hydroxylation is 1. The van der Waals surface area contributed by atoms with Crippen molar-refractivity contribution in [3.8, 4) is 22.8 Å². The maximum Gasteiger partial charge on any atom is 0.141 e. The number of halogens is 1. The normalized spacial score (nSPS) is 17.3. The van der Waals surface area contributed by atoms with E-state index in [4.69, 9.17) is 30.8 Å². The molecule has 6 nitrogen and oxygen atoms in total. The zero-order valence-electron chi connectivity index (χ0n) is 18.3. The lowest BCUT2D eigenvalue weighted by atomic mass is 9.79. The fourth-order valence-electron chi connectivity index (χ4n) is 4.78. The summed E-state index contributed by atoms with van der Waals surface area (Å²) >= 11 is 6.77.